The summed E-state index contributed by atoms with van der Waals surface area (Å²) >= 11 is 2.92. The first-order valence-corrected chi connectivity index (χ1v) is 12.6. The molecule has 8 nitrogen and oxygen atoms in total. The van der Waals surface area contributed by atoms with E-state index in [2.05, 4.69) is 9.88 Å². The van der Waals surface area contributed by atoms with E-state index in [-0.39, 0.29) is 23.3 Å². The Morgan fingerprint density at radius 2 is 1.78 bits per heavy atom. The van der Waals surface area contributed by atoms with Gasteiger partial charge in [0.2, 0.25) is 5.91 Å². The summed E-state index contributed by atoms with van der Waals surface area (Å²) in [5, 5.41) is 3.78. The number of hydrogen-bond acceptors (Lipinski definition) is 7. The molecule has 0 radical (unpaired) electrons. The van der Waals surface area contributed by atoms with Crippen LogP contribution in [0.2, 0.25) is 0 Å². The fourth-order valence-corrected chi connectivity index (χ4v) is 5.90. The van der Waals surface area contributed by atoms with Gasteiger partial charge in [-0.2, -0.15) is 0 Å². The Morgan fingerprint density at radius 1 is 1.00 bits per heavy atom. The molecule has 0 aromatic carbocycles. The SMILES string of the molecule is O=C(c1cccs1)N1CCC(C(=O)N2CCN(Cc3cc(=O)n4ccsc4n3)CC2)CC1. The fraction of sp³-hybridized carbons (Fsp3) is 0.455. The molecule has 3 aromatic rings. The molecule has 10 heteroatoms. The van der Waals surface area contributed by atoms with Crippen LogP contribution in [-0.2, 0) is 11.3 Å². The van der Waals surface area contributed by atoms with Crippen molar-refractivity contribution in [2.24, 2.45) is 5.92 Å². The Kier molecular flexibility index (Phi) is 6.07. The number of nitrogens with zero attached hydrogens (tertiary/aromatic N) is 5. The lowest BCUT2D eigenvalue weighted by atomic mass is 9.95. The van der Waals surface area contributed by atoms with E-state index in [1.165, 1.54) is 22.7 Å². The second-order valence-electron chi connectivity index (χ2n) is 8.29. The van der Waals surface area contributed by atoms with Crippen LogP contribution >= 0.6 is 22.7 Å². The van der Waals surface area contributed by atoms with Gasteiger partial charge in [0, 0.05) is 69.4 Å². The second kappa shape index (κ2) is 9.13. The Bertz CT molecular complexity index is 1160. The number of rotatable bonds is 4. The van der Waals surface area contributed by atoms with Gasteiger partial charge in [0.15, 0.2) is 4.96 Å². The quantitative estimate of drug-likeness (QED) is 0.582. The van der Waals surface area contributed by atoms with Crippen molar-refractivity contribution in [2.45, 2.75) is 19.4 Å². The molecule has 2 amide bonds. The topological polar surface area (TPSA) is 78.2 Å². The minimum atomic E-state index is -0.0519. The summed E-state index contributed by atoms with van der Waals surface area (Å²) in [7, 11) is 0. The van der Waals surface area contributed by atoms with Crippen LogP contribution in [0.5, 0.6) is 0 Å². The first-order valence-electron chi connectivity index (χ1n) is 10.9. The van der Waals surface area contributed by atoms with Gasteiger partial charge >= 0.3 is 0 Å². The zero-order valence-corrected chi connectivity index (χ0v) is 19.3. The lowest BCUT2D eigenvalue weighted by molar-refractivity contribution is -0.138. The third kappa shape index (κ3) is 4.35. The van der Waals surface area contributed by atoms with Crippen molar-refractivity contribution in [3.63, 3.8) is 0 Å². The summed E-state index contributed by atoms with van der Waals surface area (Å²) in [6.07, 6.45) is 3.20. The van der Waals surface area contributed by atoms with Crippen molar-refractivity contribution in [3.8, 4) is 0 Å². The van der Waals surface area contributed by atoms with Crippen molar-refractivity contribution in [1.82, 2.24) is 24.1 Å². The van der Waals surface area contributed by atoms with E-state index in [0.717, 1.165) is 36.5 Å². The molecule has 0 atom stereocenters. The highest BCUT2D eigenvalue weighted by Crippen LogP contribution is 2.23. The number of piperidine rings is 1. The zero-order valence-electron chi connectivity index (χ0n) is 17.7. The van der Waals surface area contributed by atoms with Crippen LogP contribution in [-0.4, -0.2) is 75.2 Å². The van der Waals surface area contributed by atoms with Crippen molar-refractivity contribution >= 4 is 39.4 Å². The molecule has 0 bridgehead atoms. The molecule has 2 saturated heterocycles. The molecule has 2 aliphatic rings. The molecule has 168 valence electrons. The number of amides is 2. The van der Waals surface area contributed by atoms with Gasteiger partial charge in [-0.15, -0.1) is 22.7 Å². The molecule has 0 spiro atoms. The van der Waals surface area contributed by atoms with Gasteiger partial charge in [0.05, 0.1) is 10.6 Å². The Hall–Kier alpha value is -2.56. The van der Waals surface area contributed by atoms with Gasteiger partial charge in [-0.25, -0.2) is 4.98 Å². The van der Waals surface area contributed by atoms with E-state index in [1.54, 1.807) is 16.7 Å². The second-order valence-corrected chi connectivity index (χ2v) is 10.1. The summed E-state index contributed by atoms with van der Waals surface area (Å²) in [6.45, 7) is 4.81. The van der Waals surface area contributed by atoms with Gasteiger partial charge in [-0.05, 0) is 24.3 Å². The molecular weight excluding hydrogens is 446 g/mol. The molecular formula is C22H25N5O3S2. The van der Waals surface area contributed by atoms with Gasteiger partial charge in [0.1, 0.15) is 0 Å². The lowest BCUT2D eigenvalue weighted by Gasteiger charge is -2.38. The van der Waals surface area contributed by atoms with Gasteiger partial charge < -0.3 is 9.80 Å². The average Bonchev–Trinajstić information content (AvgIpc) is 3.51. The molecule has 0 N–H and O–H groups in total. The number of likely N-dealkylation sites (tertiary alicyclic amines) is 1. The number of thiophene rings is 1. The standard InChI is InChI=1S/C22H25N5O3S2/c28-19-14-17(23-22-27(19)11-13-32-22)15-24-7-9-26(10-8-24)20(29)16-3-5-25(6-4-16)21(30)18-2-1-12-31-18/h1-2,11-14,16H,3-10,15H2. The fourth-order valence-electron chi connectivity index (χ4n) is 4.47. The number of aromatic nitrogens is 2. The van der Waals surface area contributed by atoms with E-state index in [1.807, 2.05) is 32.7 Å². The first-order chi connectivity index (χ1) is 15.6. The van der Waals surface area contributed by atoms with E-state index in [0.29, 0.717) is 37.7 Å². The highest BCUT2D eigenvalue weighted by Gasteiger charge is 2.32. The summed E-state index contributed by atoms with van der Waals surface area (Å²) in [5.74, 6) is 0.287. The molecule has 0 saturated carbocycles. The van der Waals surface area contributed by atoms with Crippen LogP contribution in [0.15, 0.2) is 40.0 Å². The van der Waals surface area contributed by atoms with Crippen LogP contribution in [0, 0.1) is 5.92 Å². The summed E-state index contributed by atoms with van der Waals surface area (Å²) < 4.78 is 1.56. The predicted molar refractivity (Wildman–Crippen MR) is 124 cm³/mol. The summed E-state index contributed by atoms with van der Waals surface area (Å²) in [6, 6.07) is 5.35. The van der Waals surface area contributed by atoms with E-state index in [4.69, 9.17) is 0 Å². The normalized spacial score (nSPS) is 18.4. The van der Waals surface area contributed by atoms with Crippen LogP contribution < -0.4 is 5.56 Å². The average molecular weight is 472 g/mol. The number of carbonyl (C=O) groups excluding carboxylic acids is 2. The zero-order chi connectivity index (χ0) is 22.1. The molecule has 32 heavy (non-hydrogen) atoms. The highest BCUT2D eigenvalue weighted by atomic mass is 32.1. The maximum absolute atomic E-state index is 13.0. The monoisotopic (exact) mass is 471 g/mol. The van der Waals surface area contributed by atoms with E-state index >= 15 is 0 Å². The third-order valence-electron chi connectivity index (χ3n) is 6.29. The summed E-state index contributed by atoms with van der Waals surface area (Å²) in [4.78, 5) is 49.9. The largest absolute Gasteiger partial charge is 0.340 e. The molecule has 2 fully saturated rings. The Balaban J connectivity index is 1.11. The third-order valence-corrected chi connectivity index (χ3v) is 7.90. The molecule has 5 rings (SSSR count). The van der Waals surface area contributed by atoms with Gasteiger partial charge in [0.25, 0.3) is 11.5 Å². The van der Waals surface area contributed by atoms with Crippen molar-refractivity contribution in [1.29, 1.82) is 0 Å². The highest BCUT2D eigenvalue weighted by molar-refractivity contribution is 7.15. The maximum atomic E-state index is 13.0. The molecule has 0 aliphatic carbocycles. The Morgan fingerprint density at radius 3 is 2.50 bits per heavy atom. The molecule has 3 aromatic heterocycles. The number of fused-ring (bicyclic) bond motifs is 1. The smallest absolute Gasteiger partial charge is 0.263 e. The molecule has 2 aliphatic heterocycles. The predicted octanol–water partition coefficient (Wildman–Crippen LogP) is 2.01. The van der Waals surface area contributed by atoms with E-state index in [9.17, 15) is 14.4 Å². The minimum Gasteiger partial charge on any atom is -0.340 e. The van der Waals surface area contributed by atoms with Gasteiger partial charge in [-0.3, -0.25) is 23.7 Å². The van der Waals surface area contributed by atoms with Gasteiger partial charge in [-0.1, -0.05) is 6.07 Å². The number of thiazole rings is 1. The first kappa shape index (κ1) is 21.3. The number of carbonyl (C=O) groups is 2. The number of hydrogen-bond donors (Lipinski definition) is 0. The number of piperazine rings is 1. The van der Waals surface area contributed by atoms with Crippen LogP contribution in [0.1, 0.15) is 28.2 Å². The van der Waals surface area contributed by atoms with Crippen molar-refractivity contribution in [3.05, 3.63) is 56.1 Å². The van der Waals surface area contributed by atoms with E-state index < -0.39 is 0 Å². The van der Waals surface area contributed by atoms with Crippen LogP contribution in [0.25, 0.3) is 4.96 Å². The Labute approximate surface area is 193 Å². The minimum absolute atomic E-state index is 0.00288. The van der Waals surface area contributed by atoms with Crippen LogP contribution in [0.4, 0.5) is 0 Å². The van der Waals surface area contributed by atoms with Crippen molar-refractivity contribution in [2.75, 3.05) is 39.3 Å². The molecule has 5 heterocycles. The van der Waals surface area contributed by atoms with Crippen molar-refractivity contribution < 1.29 is 9.59 Å². The maximum Gasteiger partial charge on any atom is 0.263 e. The van der Waals surface area contributed by atoms with Crippen LogP contribution in [0.3, 0.4) is 0 Å². The molecule has 0 unspecified atom stereocenters. The lowest BCUT2D eigenvalue weighted by Crippen LogP contribution is -2.51. The summed E-state index contributed by atoms with van der Waals surface area (Å²) in [5.41, 5.74) is 0.726.